The second kappa shape index (κ2) is 5.73. The van der Waals surface area contributed by atoms with Crippen LogP contribution in [0.1, 0.15) is 24.5 Å². The van der Waals surface area contributed by atoms with Crippen LogP contribution in [0.4, 0.5) is 0 Å². The zero-order chi connectivity index (χ0) is 13.9. The highest BCUT2D eigenvalue weighted by atomic mass is 35.5. The first kappa shape index (κ1) is 13.3. The zero-order valence-corrected chi connectivity index (χ0v) is 11.6. The fourth-order valence-electron chi connectivity index (χ4n) is 2.35. The minimum Gasteiger partial charge on any atom is -0.381 e. The third-order valence-electron chi connectivity index (χ3n) is 3.39. The third kappa shape index (κ3) is 2.59. The number of ether oxygens (including phenoxy) is 1. The number of halogens is 1. The topological polar surface area (TPSA) is 67.9 Å². The number of aromatic amines is 1. The second-order valence-corrected chi connectivity index (χ2v) is 5.14. The average molecular weight is 292 g/mol. The Morgan fingerprint density at radius 2 is 2.15 bits per heavy atom. The number of H-pyrrole nitrogens is 1. The molecule has 20 heavy (non-hydrogen) atoms. The molecule has 0 amide bonds. The number of hydrogen-bond acceptors (Lipinski definition) is 4. The highest BCUT2D eigenvalue weighted by Crippen LogP contribution is 2.28. The summed E-state index contributed by atoms with van der Waals surface area (Å²) in [6, 6.07) is 3.60. The number of aromatic nitrogens is 3. The summed E-state index contributed by atoms with van der Waals surface area (Å²) in [7, 11) is 0. The fourth-order valence-corrected chi connectivity index (χ4v) is 2.59. The first-order chi connectivity index (χ1) is 9.75. The van der Waals surface area contributed by atoms with Crippen LogP contribution in [0.5, 0.6) is 0 Å². The Kier molecular flexibility index (Phi) is 3.80. The van der Waals surface area contributed by atoms with Crippen molar-refractivity contribution in [3.63, 3.8) is 0 Å². The Hall–Kier alpha value is -1.72. The van der Waals surface area contributed by atoms with E-state index in [-0.39, 0.29) is 16.5 Å². The van der Waals surface area contributed by atoms with E-state index in [1.165, 1.54) is 0 Å². The molecule has 1 aliphatic rings. The Morgan fingerprint density at radius 3 is 2.85 bits per heavy atom. The molecule has 1 unspecified atom stereocenters. The van der Waals surface area contributed by atoms with Gasteiger partial charge in [0.1, 0.15) is 10.8 Å². The van der Waals surface area contributed by atoms with E-state index in [4.69, 9.17) is 16.3 Å². The first-order valence-electron chi connectivity index (χ1n) is 6.53. The van der Waals surface area contributed by atoms with E-state index in [2.05, 4.69) is 15.0 Å². The lowest BCUT2D eigenvalue weighted by atomic mass is 9.98. The molecule has 0 bridgehead atoms. The fraction of sp³-hybridized carbons (Fsp3) is 0.357. The molecule has 0 aromatic carbocycles. The van der Waals surface area contributed by atoms with Crippen LogP contribution in [0.25, 0.3) is 11.4 Å². The van der Waals surface area contributed by atoms with Crippen LogP contribution < -0.4 is 5.56 Å². The summed E-state index contributed by atoms with van der Waals surface area (Å²) in [4.78, 5) is 23.2. The summed E-state index contributed by atoms with van der Waals surface area (Å²) in [5, 5.41) is 0.165. The number of nitrogens with one attached hydrogen (secondary N) is 1. The molecule has 6 heteroatoms. The molecule has 3 rings (SSSR count). The Balaban J connectivity index is 2.06. The molecule has 1 saturated heterocycles. The van der Waals surface area contributed by atoms with Crippen LogP contribution in [0, 0.1) is 0 Å². The minimum atomic E-state index is -0.311. The van der Waals surface area contributed by atoms with Crippen molar-refractivity contribution in [1.82, 2.24) is 15.0 Å². The monoisotopic (exact) mass is 291 g/mol. The normalized spacial score (nSPS) is 18.9. The quantitative estimate of drug-likeness (QED) is 0.922. The maximum atomic E-state index is 12.0. The van der Waals surface area contributed by atoms with Crippen molar-refractivity contribution in [2.45, 2.75) is 18.8 Å². The molecule has 0 aliphatic carbocycles. The van der Waals surface area contributed by atoms with Crippen molar-refractivity contribution >= 4 is 11.6 Å². The van der Waals surface area contributed by atoms with Crippen LogP contribution in [-0.2, 0) is 4.74 Å². The average Bonchev–Trinajstić information content (AvgIpc) is 2.51. The molecule has 2 aromatic rings. The van der Waals surface area contributed by atoms with Gasteiger partial charge in [0.25, 0.3) is 5.56 Å². The van der Waals surface area contributed by atoms with E-state index < -0.39 is 0 Å². The molecule has 1 N–H and O–H groups in total. The van der Waals surface area contributed by atoms with Crippen LogP contribution in [-0.4, -0.2) is 28.2 Å². The van der Waals surface area contributed by atoms with Gasteiger partial charge in [-0.05, 0) is 25.0 Å². The molecule has 2 aromatic heterocycles. The van der Waals surface area contributed by atoms with Gasteiger partial charge in [-0.15, -0.1) is 0 Å². The highest BCUT2D eigenvalue weighted by molar-refractivity contribution is 6.31. The second-order valence-electron chi connectivity index (χ2n) is 4.76. The van der Waals surface area contributed by atoms with E-state index in [1.54, 1.807) is 24.5 Å². The summed E-state index contributed by atoms with van der Waals surface area (Å²) in [5.41, 5.74) is 1.13. The van der Waals surface area contributed by atoms with E-state index in [9.17, 15) is 4.79 Å². The molecule has 1 aliphatic heterocycles. The third-order valence-corrected chi connectivity index (χ3v) is 3.75. The van der Waals surface area contributed by atoms with Gasteiger partial charge < -0.3 is 9.72 Å². The molecule has 5 nitrogen and oxygen atoms in total. The maximum Gasteiger partial charge on any atom is 0.270 e. The molecule has 0 saturated carbocycles. The van der Waals surface area contributed by atoms with Crippen LogP contribution in [0.2, 0.25) is 5.02 Å². The first-order valence-corrected chi connectivity index (χ1v) is 6.91. The standard InChI is InChI=1S/C14H14ClN3O2/c15-11-12(10-2-1-7-20-8-10)17-13(18-14(11)19)9-3-5-16-6-4-9/h3-6,10H,1-2,7-8H2,(H,17,18,19). The van der Waals surface area contributed by atoms with Gasteiger partial charge in [-0.2, -0.15) is 0 Å². The number of pyridine rings is 1. The predicted octanol–water partition coefficient (Wildman–Crippen LogP) is 2.38. The Labute approximate surface area is 121 Å². The molecule has 0 spiro atoms. The summed E-state index contributed by atoms with van der Waals surface area (Å²) < 4.78 is 5.46. The van der Waals surface area contributed by atoms with Crippen LogP contribution >= 0.6 is 11.6 Å². The van der Waals surface area contributed by atoms with Gasteiger partial charge in [0, 0.05) is 30.5 Å². The Bertz CT molecular complexity index is 651. The zero-order valence-electron chi connectivity index (χ0n) is 10.8. The van der Waals surface area contributed by atoms with Crippen molar-refractivity contribution in [3.8, 4) is 11.4 Å². The molecule has 104 valence electrons. The predicted molar refractivity (Wildman–Crippen MR) is 75.9 cm³/mol. The summed E-state index contributed by atoms with van der Waals surface area (Å²) in [5.74, 6) is 0.599. The van der Waals surface area contributed by atoms with E-state index >= 15 is 0 Å². The van der Waals surface area contributed by atoms with Gasteiger partial charge >= 0.3 is 0 Å². The van der Waals surface area contributed by atoms with Gasteiger partial charge in [-0.3, -0.25) is 9.78 Å². The van der Waals surface area contributed by atoms with Gasteiger partial charge in [0.15, 0.2) is 0 Å². The molecule has 1 atom stereocenters. The van der Waals surface area contributed by atoms with E-state index in [1.807, 2.05) is 0 Å². The lowest BCUT2D eigenvalue weighted by Gasteiger charge is -2.22. The molecule has 0 radical (unpaired) electrons. The number of nitrogens with zero attached hydrogens (tertiary/aromatic N) is 2. The van der Waals surface area contributed by atoms with E-state index in [0.717, 1.165) is 25.0 Å². The number of rotatable bonds is 2. The van der Waals surface area contributed by atoms with Crippen molar-refractivity contribution < 1.29 is 4.74 Å². The van der Waals surface area contributed by atoms with Crippen molar-refractivity contribution in [3.05, 3.63) is 45.6 Å². The smallest absolute Gasteiger partial charge is 0.270 e. The lowest BCUT2D eigenvalue weighted by Crippen LogP contribution is -2.21. The maximum absolute atomic E-state index is 12.0. The highest BCUT2D eigenvalue weighted by Gasteiger charge is 2.22. The van der Waals surface area contributed by atoms with Gasteiger partial charge in [0.2, 0.25) is 0 Å². The van der Waals surface area contributed by atoms with Crippen molar-refractivity contribution in [2.75, 3.05) is 13.2 Å². The van der Waals surface area contributed by atoms with Gasteiger partial charge in [-0.25, -0.2) is 4.98 Å². The molecular formula is C14H14ClN3O2. The summed E-state index contributed by atoms with van der Waals surface area (Å²) in [6.07, 6.45) is 5.21. The minimum absolute atomic E-state index is 0.0825. The van der Waals surface area contributed by atoms with Gasteiger partial charge in [0.05, 0.1) is 12.3 Å². The number of hydrogen-bond donors (Lipinski definition) is 1. The molecule has 3 heterocycles. The SMILES string of the molecule is O=c1[nH]c(-c2ccncc2)nc(C2CCCOC2)c1Cl. The largest absolute Gasteiger partial charge is 0.381 e. The van der Waals surface area contributed by atoms with Crippen LogP contribution in [0.3, 0.4) is 0 Å². The van der Waals surface area contributed by atoms with Crippen molar-refractivity contribution in [2.24, 2.45) is 0 Å². The molecular weight excluding hydrogens is 278 g/mol. The van der Waals surface area contributed by atoms with Gasteiger partial charge in [-0.1, -0.05) is 11.6 Å². The van der Waals surface area contributed by atoms with Crippen LogP contribution in [0.15, 0.2) is 29.3 Å². The molecule has 1 fully saturated rings. The van der Waals surface area contributed by atoms with Crippen molar-refractivity contribution in [1.29, 1.82) is 0 Å². The summed E-state index contributed by atoms with van der Waals surface area (Å²) in [6.45, 7) is 1.32. The Morgan fingerprint density at radius 1 is 1.35 bits per heavy atom. The van der Waals surface area contributed by atoms with E-state index in [0.29, 0.717) is 18.1 Å². The summed E-state index contributed by atoms with van der Waals surface area (Å²) >= 11 is 6.11. The lowest BCUT2D eigenvalue weighted by molar-refractivity contribution is 0.0793.